The van der Waals surface area contributed by atoms with Gasteiger partial charge in [-0.1, -0.05) is 33.6 Å². The Morgan fingerprint density at radius 1 is 1.33 bits per heavy atom. The highest BCUT2D eigenvalue weighted by molar-refractivity contribution is 9.10. The van der Waals surface area contributed by atoms with Crippen LogP contribution in [0.4, 0.5) is 0 Å². The van der Waals surface area contributed by atoms with Crippen LogP contribution < -0.4 is 4.74 Å². The number of ether oxygens (including phenoxy) is 2. The molecule has 0 aliphatic heterocycles. The molecule has 1 heterocycles. The number of halogens is 2. The van der Waals surface area contributed by atoms with Crippen molar-refractivity contribution in [3.05, 3.63) is 57.8 Å². The topological polar surface area (TPSA) is 48.4 Å². The van der Waals surface area contributed by atoms with Gasteiger partial charge in [-0.2, -0.15) is 0 Å². The zero-order valence-corrected chi connectivity index (χ0v) is 13.6. The van der Waals surface area contributed by atoms with E-state index in [2.05, 4.69) is 20.9 Å². The molecule has 0 saturated carbocycles. The highest BCUT2D eigenvalue weighted by Crippen LogP contribution is 2.18. The van der Waals surface area contributed by atoms with Gasteiger partial charge in [0.1, 0.15) is 17.5 Å². The van der Waals surface area contributed by atoms with E-state index < -0.39 is 12.1 Å². The molecular formula is C15H13BrClNO3. The maximum atomic E-state index is 11.9. The molecular weight excluding hydrogens is 358 g/mol. The molecule has 1 aromatic carbocycles. The van der Waals surface area contributed by atoms with E-state index in [4.69, 9.17) is 21.1 Å². The van der Waals surface area contributed by atoms with E-state index in [9.17, 15) is 4.79 Å². The average Bonchev–Trinajstić information content (AvgIpc) is 2.48. The highest BCUT2D eigenvalue weighted by atomic mass is 79.9. The minimum absolute atomic E-state index is 0.0690. The Kier molecular flexibility index (Phi) is 5.59. The Bertz CT molecular complexity index is 619. The molecule has 0 bridgehead atoms. The summed E-state index contributed by atoms with van der Waals surface area (Å²) in [6, 6.07) is 10.7. The monoisotopic (exact) mass is 369 g/mol. The van der Waals surface area contributed by atoms with Gasteiger partial charge in [0.05, 0.1) is 0 Å². The smallest absolute Gasteiger partial charge is 0.347 e. The molecule has 0 aliphatic rings. The van der Waals surface area contributed by atoms with Gasteiger partial charge in [-0.15, -0.1) is 0 Å². The number of carbonyl (C=O) groups excluding carboxylic acids is 1. The standard InChI is InChI=1S/C15H13BrClNO3/c1-10(21-13-6-4-12(16)5-7-13)15(19)20-9-11-3-2-8-18-14(11)17/h2-8,10H,9H2,1H3. The van der Waals surface area contributed by atoms with Crippen molar-refractivity contribution >= 4 is 33.5 Å². The van der Waals surface area contributed by atoms with Crippen molar-refractivity contribution in [2.24, 2.45) is 0 Å². The molecule has 0 fully saturated rings. The molecule has 0 spiro atoms. The zero-order valence-electron chi connectivity index (χ0n) is 11.3. The van der Waals surface area contributed by atoms with Crippen molar-refractivity contribution < 1.29 is 14.3 Å². The van der Waals surface area contributed by atoms with Gasteiger partial charge in [-0.3, -0.25) is 0 Å². The predicted octanol–water partition coefficient (Wildman–Crippen LogP) is 4.01. The maximum absolute atomic E-state index is 11.9. The van der Waals surface area contributed by atoms with Crippen LogP contribution in [0.5, 0.6) is 5.75 Å². The largest absolute Gasteiger partial charge is 0.479 e. The van der Waals surface area contributed by atoms with E-state index >= 15 is 0 Å². The first-order chi connectivity index (χ1) is 10.1. The second-order valence-electron chi connectivity index (χ2n) is 4.28. The minimum Gasteiger partial charge on any atom is -0.479 e. The summed E-state index contributed by atoms with van der Waals surface area (Å²) in [6.07, 6.45) is 0.869. The van der Waals surface area contributed by atoms with Crippen molar-refractivity contribution in [3.8, 4) is 5.75 Å². The Labute approximate surface area is 136 Å². The number of nitrogens with zero attached hydrogens (tertiary/aromatic N) is 1. The summed E-state index contributed by atoms with van der Waals surface area (Å²) in [5, 5.41) is 0.326. The number of aromatic nitrogens is 1. The Morgan fingerprint density at radius 3 is 2.71 bits per heavy atom. The second kappa shape index (κ2) is 7.43. The first-order valence-electron chi connectivity index (χ1n) is 6.24. The molecule has 1 unspecified atom stereocenters. The van der Waals surface area contributed by atoms with Crippen molar-refractivity contribution in [1.29, 1.82) is 0 Å². The molecule has 2 rings (SSSR count). The van der Waals surface area contributed by atoms with Crippen LogP contribution in [-0.4, -0.2) is 17.1 Å². The Balaban J connectivity index is 1.88. The molecule has 1 atom stereocenters. The van der Waals surface area contributed by atoms with E-state index in [0.29, 0.717) is 16.5 Å². The fraction of sp³-hybridized carbons (Fsp3) is 0.200. The molecule has 0 amide bonds. The van der Waals surface area contributed by atoms with Gasteiger partial charge in [0.15, 0.2) is 6.10 Å². The zero-order chi connectivity index (χ0) is 15.2. The SMILES string of the molecule is CC(Oc1ccc(Br)cc1)C(=O)OCc1cccnc1Cl. The third kappa shape index (κ3) is 4.72. The van der Waals surface area contributed by atoms with Gasteiger partial charge in [0.25, 0.3) is 0 Å². The number of hydrogen-bond acceptors (Lipinski definition) is 4. The molecule has 0 N–H and O–H groups in total. The minimum atomic E-state index is -0.707. The van der Waals surface area contributed by atoms with Crippen LogP contribution in [0, 0.1) is 0 Å². The van der Waals surface area contributed by atoms with E-state index in [-0.39, 0.29) is 6.61 Å². The number of benzene rings is 1. The number of pyridine rings is 1. The summed E-state index contributed by atoms with van der Waals surface area (Å²) in [5.74, 6) is 0.139. The van der Waals surface area contributed by atoms with Crippen LogP contribution in [-0.2, 0) is 16.1 Å². The van der Waals surface area contributed by atoms with E-state index in [1.54, 1.807) is 37.4 Å². The lowest BCUT2D eigenvalue weighted by atomic mass is 10.3. The molecule has 0 saturated heterocycles. The molecule has 0 aliphatic carbocycles. The average molecular weight is 371 g/mol. The highest BCUT2D eigenvalue weighted by Gasteiger charge is 2.17. The normalized spacial score (nSPS) is 11.8. The maximum Gasteiger partial charge on any atom is 0.347 e. The number of esters is 1. The van der Waals surface area contributed by atoms with E-state index in [1.165, 1.54) is 0 Å². The third-order valence-corrected chi connectivity index (χ3v) is 3.53. The van der Waals surface area contributed by atoms with Crippen LogP contribution in [0.15, 0.2) is 47.1 Å². The lowest BCUT2D eigenvalue weighted by Crippen LogP contribution is -2.26. The molecule has 4 nitrogen and oxygen atoms in total. The van der Waals surface area contributed by atoms with Crippen LogP contribution in [0.3, 0.4) is 0 Å². The van der Waals surface area contributed by atoms with Crippen LogP contribution in [0.2, 0.25) is 5.15 Å². The third-order valence-electron chi connectivity index (χ3n) is 2.66. The van der Waals surface area contributed by atoms with Crippen molar-refractivity contribution in [2.75, 3.05) is 0 Å². The van der Waals surface area contributed by atoms with Crippen molar-refractivity contribution in [1.82, 2.24) is 4.98 Å². The van der Waals surface area contributed by atoms with Gasteiger partial charge < -0.3 is 9.47 Å². The lowest BCUT2D eigenvalue weighted by molar-refractivity contribution is -0.152. The summed E-state index contributed by atoms with van der Waals surface area (Å²) in [6.45, 7) is 1.70. The number of rotatable bonds is 5. The van der Waals surface area contributed by atoms with Gasteiger partial charge >= 0.3 is 5.97 Å². The fourth-order valence-corrected chi connectivity index (χ4v) is 2.00. The summed E-state index contributed by atoms with van der Waals surface area (Å²) < 4.78 is 11.6. The summed E-state index contributed by atoms with van der Waals surface area (Å²) in [5.41, 5.74) is 0.656. The summed E-state index contributed by atoms with van der Waals surface area (Å²) in [7, 11) is 0. The van der Waals surface area contributed by atoms with Gasteiger partial charge in [0, 0.05) is 16.2 Å². The first-order valence-corrected chi connectivity index (χ1v) is 7.41. The number of carbonyl (C=O) groups is 1. The Morgan fingerprint density at radius 2 is 2.05 bits per heavy atom. The van der Waals surface area contributed by atoms with Gasteiger partial charge in [-0.05, 0) is 37.3 Å². The van der Waals surface area contributed by atoms with Crippen molar-refractivity contribution in [2.45, 2.75) is 19.6 Å². The molecule has 1 aromatic heterocycles. The quantitative estimate of drug-likeness (QED) is 0.589. The predicted molar refractivity (Wildman–Crippen MR) is 83.3 cm³/mol. The summed E-state index contributed by atoms with van der Waals surface area (Å²) in [4.78, 5) is 15.8. The molecule has 6 heteroatoms. The summed E-state index contributed by atoms with van der Waals surface area (Å²) >= 11 is 9.23. The Hall–Kier alpha value is -1.59. The molecule has 110 valence electrons. The van der Waals surface area contributed by atoms with Crippen LogP contribution in [0.25, 0.3) is 0 Å². The van der Waals surface area contributed by atoms with E-state index in [1.807, 2.05) is 12.1 Å². The van der Waals surface area contributed by atoms with Gasteiger partial charge in [-0.25, -0.2) is 9.78 Å². The first kappa shape index (κ1) is 15.8. The van der Waals surface area contributed by atoms with Crippen molar-refractivity contribution in [3.63, 3.8) is 0 Å². The molecule has 0 radical (unpaired) electrons. The molecule has 21 heavy (non-hydrogen) atoms. The van der Waals surface area contributed by atoms with Gasteiger partial charge in [0.2, 0.25) is 0 Å². The van der Waals surface area contributed by atoms with Crippen LogP contribution >= 0.6 is 27.5 Å². The second-order valence-corrected chi connectivity index (χ2v) is 5.55. The molecule has 2 aromatic rings. The van der Waals surface area contributed by atoms with E-state index in [0.717, 1.165) is 4.47 Å². The van der Waals surface area contributed by atoms with Crippen LogP contribution in [0.1, 0.15) is 12.5 Å². The lowest BCUT2D eigenvalue weighted by Gasteiger charge is -2.14. The number of hydrogen-bond donors (Lipinski definition) is 0. The fourth-order valence-electron chi connectivity index (χ4n) is 1.56.